The van der Waals surface area contributed by atoms with Crippen LogP contribution in [0.1, 0.15) is 10.5 Å². The van der Waals surface area contributed by atoms with Crippen molar-refractivity contribution in [2.45, 2.75) is 0 Å². The number of carbonyl (C=O) groups excluding carboxylic acids is 1. The van der Waals surface area contributed by atoms with Crippen molar-refractivity contribution < 1.29 is 4.79 Å². The third-order valence-electron chi connectivity index (χ3n) is 1.61. The van der Waals surface area contributed by atoms with Gasteiger partial charge in [0.1, 0.15) is 5.69 Å². The first kappa shape index (κ1) is 9.33. The van der Waals surface area contributed by atoms with Crippen LogP contribution in [-0.4, -0.2) is 34.2 Å². The zero-order chi connectivity index (χ0) is 9.84. The van der Waals surface area contributed by atoms with Crippen molar-refractivity contribution in [3.8, 4) is 12.3 Å². The molecule has 0 unspecified atom stereocenters. The average molecular weight is 177 g/mol. The maximum Gasteiger partial charge on any atom is 0.274 e. The van der Waals surface area contributed by atoms with E-state index in [1.165, 1.54) is 4.90 Å². The molecule has 0 aliphatic heterocycles. The summed E-state index contributed by atoms with van der Waals surface area (Å²) in [4.78, 5) is 12.9. The molecule has 4 heteroatoms. The van der Waals surface area contributed by atoms with Crippen LogP contribution in [-0.2, 0) is 7.05 Å². The van der Waals surface area contributed by atoms with Crippen molar-refractivity contribution >= 4 is 5.91 Å². The summed E-state index contributed by atoms with van der Waals surface area (Å²) in [5, 5.41) is 3.97. The van der Waals surface area contributed by atoms with Crippen LogP contribution in [0.15, 0.2) is 12.3 Å². The van der Waals surface area contributed by atoms with Gasteiger partial charge in [-0.3, -0.25) is 9.48 Å². The van der Waals surface area contributed by atoms with Crippen LogP contribution >= 0.6 is 0 Å². The zero-order valence-electron chi connectivity index (χ0n) is 7.69. The monoisotopic (exact) mass is 177 g/mol. The fourth-order valence-electron chi connectivity index (χ4n) is 0.933. The third-order valence-corrected chi connectivity index (χ3v) is 1.61. The highest BCUT2D eigenvalue weighted by Gasteiger charge is 2.12. The Hall–Kier alpha value is -1.76. The molecule has 0 aliphatic carbocycles. The van der Waals surface area contributed by atoms with E-state index < -0.39 is 0 Å². The van der Waals surface area contributed by atoms with Gasteiger partial charge in [0.25, 0.3) is 5.91 Å². The number of aryl methyl sites for hydroxylation is 1. The molecule has 0 bridgehead atoms. The summed E-state index contributed by atoms with van der Waals surface area (Å²) in [6.45, 7) is 0.301. The molecule has 1 rings (SSSR count). The molecule has 1 aromatic heterocycles. The van der Waals surface area contributed by atoms with E-state index in [9.17, 15) is 4.79 Å². The first-order chi connectivity index (χ1) is 6.15. The molecule has 0 fully saturated rings. The van der Waals surface area contributed by atoms with E-state index >= 15 is 0 Å². The molecule has 0 atom stereocenters. The highest BCUT2D eigenvalue weighted by atomic mass is 16.2. The van der Waals surface area contributed by atoms with Crippen molar-refractivity contribution in [1.82, 2.24) is 14.7 Å². The SMILES string of the molecule is C#CCN(C)C(=O)c1ccn(C)n1. The maximum absolute atomic E-state index is 11.5. The molecule has 0 spiro atoms. The van der Waals surface area contributed by atoms with Gasteiger partial charge >= 0.3 is 0 Å². The van der Waals surface area contributed by atoms with Crippen LogP contribution in [0.25, 0.3) is 0 Å². The van der Waals surface area contributed by atoms with Crippen LogP contribution < -0.4 is 0 Å². The van der Waals surface area contributed by atoms with E-state index in [0.29, 0.717) is 12.2 Å². The highest BCUT2D eigenvalue weighted by Crippen LogP contribution is 1.98. The van der Waals surface area contributed by atoms with E-state index in [0.717, 1.165) is 0 Å². The predicted octanol–water partition coefficient (Wildman–Crippen LogP) is 0.125. The highest BCUT2D eigenvalue weighted by molar-refractivity contribution is 5.92. The molecule has 68 valence electrons. The summed E-state index contributed by atoms with van der Waals surface area (Å²) in [7, 11) is 3.41. The van der Waals surface area contributed by atoms with Gasteiger partial charge < -0.3 is 4.90 Å². The number of nitrogens with zero attached hydrogens (tertiary/aromatic N) is 3. The van der Waals surface area contributed by atoms with E-state index in [2.05, 4.69) is 11.0 Å². The largest absolute Gasteiger partial charge is 0.329 e. The second-order valence-electron chi connectivity index (χ2n) is 2.74. The molecule has 0 radical (unpaired) electrons. The topological polar surface area (TPSA) is 38.1 Å². The summed E-state index contributed by atoms with van der Waals surface area (Å²) in [6, 6.07) is 1.66. The van der Waals surface area contributed by atoms with Gasteiger partial charge in [-0.2, -0.15) is 5.10 Å². The minimum atomic E-state index is -0.154. The number of carbonyl (C=O) groups is 1. The predicted molar refractivity (Wildman–Crippen MR) is 49.0 cm³/mol. The molecule has 1 aromatic rings. The number of hydrogen-bond acceptors (Lipinski definition) is 2. The Morgan fingerprint density at radius 2 is 2.54 bits per heavy atom. The Bertz CT molecular complexity index is 348. The standard InChI is InChI=1S/C9H11N3O/c1-4-6-11(2)9(13)8-5-7-12(3)10-8/h1,5,7H,6H2,2-3H3. The number of rotatable bonds is 2. The molecular formula is C9H11N3O. The lowest BCUT2D eigenvalue weighted by Crippen LogP contribution is -2.27. The lowest BCUT2D eigenvalue weighted by molar-refractivity contribution is 0.0806. The van der Waals surface area contributed by atoms with Gasteiger partial charge in [-0.05, 0) is 6.07 Å². The van der Waals surface area contributed by atoms with E-state index in [1.54, 1.807) is 31.0 Å². The second kappa shape index (κ2) is 3.76. The van der Waals surface area contributed by atoms with Gasteiger partial charge in [0.2, 0.25) is 0 Å². The lowest BCUT2D eigenvalue weighted by Gasteiger charge is -2.11. The van der Waals surface area contributed by atoms with Crippen LogP contribution in [0, 0.1) is 12.3 Å². The van der Waals surface area contributed by atoms with Crippen LogP contribution in [0.3, 0.4) is 0 Å². The van der Waals surface area contributed by atoms with E-state index in [-0.39, 0.29) is 5.91 Å². The summed E-state index contributed by atoms with van der Waals surface area (Å²) in [5.41, 5.74) is 0.417. The van der Waals surface area contributed by atoms with Crippen molar-refractivity contribution in [3.05, 3.63) is 18.0 Å². The van der Waals surface area contributed by atoms with E-state index in [4.69, 9.17) is 6.42 Å². The quantitative estimate of drug-likeness (QED) is 0.602. The summed E-state index contributed by atoms with van der Waals surface area (Å²) in [6.07, 6.45) is 6.80. The first-order valence-corrected chi connectivity index (χ1v) is 3.83. The fraction of sp³-hybridized carbons (Fsp3) is 0.333. The fourth-order valence-corrected chi connectivity index (χ4v) is 0.933. The lowest BCUT2D eigenvalue weighted by atomic mass is 10.4. The Kier molecular flexibility index (Phi) is 2.70. The molecule has 0 aliphatic rings. The Balaban J connectivity index is 2.74. The van der Waals surface area contributed by atoms with Crippen LogP contribution in [0.5, 0.6) is 0 Å². The number of hydrogen-bond donors (Lipinski definition) is 0. The Labute approximate surface area is 77.1 Å². The maximum atomic E-state index is 11.5. The first-order valence-electron chi connectivity index (χ1n) is 3.83. The molecule has 0 saturated carbocycles. The number of aromatic nitrogens is 2. The minimum Gasteiger partial charge on any atom is -0.329 e. The molecule has 0 saturated heterocycles. The molecule has 4 nitrogen and oxygen atoms in total. The molecule has 1 amide bonds. The average Bonchev–Trinajstić information content (AvgIpc) is 2.51. The normalized spacial score (nSPS) is 9.31. The smallest absolute Gasteiger partial charge is 0.274 e. The molecule has 0 N–H and O–H groups in total. The minimum absolute atomic E-state index is 0.154. The summed E-state index contributed by atoms with van der Waals surface area (Å²) < 4.78 is 1.58. The van der Waals surface area contributed by atoms with Crippen LogP contribution in [0.4, 0.5) is 0 Å². The van der Waals surface area contributed by atoms with Crippen molar-refractivity contribution in [3.63, 3.8) is 0 Å². The number of amides is 1. The van der Waals surface area contributed by atoms with Gasteiger partial charge in [0.15, 0.2) is 0 Å². The van der Waals surface area contributed by atoms with Gasteiger partial charge in [-0.25, -0.2) is 0 Å². The second-order valence-corrected chi connectivity index (χ2v) is 2.74. The van der Waals surface area contributed by atoms with Crippen molar-refractivity contribution in [1.29, 1.82) is 0 Å². The molecule has 0 aromatic carbocycles. The molecule has 13 heavy (non-hydrogen) atoms. The summed E-state index contributed by atoms with van der Waals surface area (Å²) in [5.74, 6) is 2.24. The number of terminal acetylenes is 1. The Morgan fingerprint density at radius 1 is 1.85 bits per heavy atom. The van der Waals surface area contributed by atoms with E-state index in [1.807, 2.05) is 0 Å². The van der Waals surface area contributed by atoms with Gasteiger partial charge in [0, 0.05) is 20.3 Å². The van der Waals surface area contributed by atoms with Gasteiger partial charge in [-0.1, -0.05) is 5.92 Å². The van der Waals surface area contributed by atoms with Crippen molar-refractivity contribution in [2.75, 3.05) is 13.6 Å². The zero-order valence-corrected chi connectivity index (χ0v) is 7.69. The Morgan fingerprint density at radius 3 is 3.00 bits per heavy atom. The molecule has 1 heterocycles. The van der Waals surface area contributed by atoms with Gasteiger partial charge in [-0.15, -0.1) is 6.42 Å². The van der Waals surface area contributed by atoms with Crippen molar-refractivity contribution in [2.24, 2.45) is 7.05 Å². The summed E-state index contributed by atoms with van der Waals surface area (Å²) >= 11 is 0. The van der Waals surface area contributed by atoms with Gasteiger partial charge in [0.05, 0.1) is 6.54 Å². The third kappa shape index (κ3) is 2.09. The molecular weight excluding hydrogens is 166 g/mol. The van der Waals surface area contributed by atoms with Crippen LogP contribution in [0.2, 0.25) is 0 Å².